The number of nitrogens with zero attached hydrogens (tertiary/aromatic N) is 2. The highest BCUT2D eigenvalue weighted by atomic mass is 16.5. The van der Waals surface area contributed by atoms with E-state index in [0.29, 0.717) is 44.0 Å². The lowest BCUT2D eigenvalue weighted by Crippen LogP contribution is -2.30. The van der Waals surface area contributed by atoms with Crippen molar-refractivity contribution < 1.29 is 19.2 Å². The van der Waals surface area contributed by atoms with E-state index in [1.165, 1.54) is 0 Å². The van der Waals surface area contributed by atoms with Crippen LogP contribution in [-0.2, 0) is 22.4 Å². The highest BCUT2D eigenvalue weighted by Crippen LogP contribution is 2.40. The van der Waals surface area contributed by atoms with Crippen molar-refractivity contribution in [3.05, 3.63) is 11.7 Å². The van der Waals surface area contributed by atoms with Gasteiger partial charge in [0.1, 0.15) is 0 Å². The zero-order valence-corrected chi connectivity index (χ0v) is 10.5. The predicted molar refractivity (Wildman–Crippen MR) is 62.1 cm³/mol. The molecule has 0 bridgehead atoms. The molecule has 1 aliphatic carbocycles. The van der Waals surface area contributed by atoms with Gasteiger partial charge in [-0.25, -0.2) is 0 Å². The van der Waals surface area contributed by atoms with E-state index in [2.05, 4.69) is 10.1 Å². The highest BCUT2D eigenvalue weighted by Gasteiger charge is 2.42. The van der Waals surface area contributed by atoms with Crippen LogP contribution in [0.15, 0.2) is 4.52 Å². The van der Waals surface area contributed by atoms with Crippen molar-refractivity contribution in [3.63, 3.8) is 0 Å². The first-order valence-electron chi connectivity index (χ1n) is 6.20. The van der Waals surface area contributed by atoms with Crippen LogP contribution in [-0.4, -0.2) is 34.9 Å². The van der Waals surface area contributed by atoms with Crippen LogP contribution < -0.4 is 0 Å². The molecular formula is C12H18N2O4. The van der Waals surface area contributed by atoms with Gasteiger partial charge in [0.05, 0.1) is 12.0 Å². The average Bonchev–Trinajstić information content (AvgIpc) is 2.97. The number of rotatable bonds is 6. The molecule has 0 unspecified atom stereocenters. The summed E-state index contributed by atoms with van der Waals surface area (Å²) in [6.07, 6.45) is 4.21. The molecular weight excluding hydrogens is 236 g/mol. The van der Waals surface area contributed by atoms with E-state index in [1.54, 1.807) is 7.11 Å². The second-order valence-corrected chi connectivity index (χ2v) is 4.82. The minimum absolute atomic E-state index is 0.336. The lowest BCUT2D eigenvalue weighted by molar-refractivity contribution is -0.148. The molecule has 1 aromatic rings. The number of aliphatic carboxylic acids is 1. The lowest BCUT2D eigenvalue weighted by Gasteiger charge is -2.21. The molecule has 1 saturated carbocycles. The highest BCUT2D eigenvalue weighted by molar-refractivity contribution is 5.75. The van der Waals surface area contributed by atoms with Gasteiger partial charge in [-0.3, -0.25) is 4.79 Å². The van der Waals surface area contributed by atoms with E-state index in [0.717, 1.165) is 12.8 Å². The summed E-state index contributed by atoms with van der Waals surface area (Å²) in [5.41, 5.74) is -0.703. The molecule has 6 heteroatoms. The maximum atomic E-state index is 11.4. The van der Waals surface area contributed by atoms with Crippen LogP contribution in [0, 0.1) is 5.41 Å². The molecule has 1 aromatic heterocycles. The molecule has 1 aliphatic rings. The van der Waals surface area contributed by atoms with Gasteiger partial charge in [-0.15, -0.1) is 0 Å². The van der Waals surface area contributed by atoms with Crippen molar-refractivity contribution in [1.82, 2.24) is 10.1 Å². The summed E-state index contributed by atoms with van der Waals surface area (Å²) < 4.78 is 10.0. The van der Waals surface area contributed by atoms with E-state index < -0.39 is 11.4 Å². The number of carboxylic acids is 1. The minimum atomic E-state index is -0.753. The number of ether oxygens (including phenoxy) is 1. The number of methoxy groups -OCH3 is 1. The van der Waals surface area contributed by atoms with Gasteiger partial charge in [0.15, 0.2) is 5.82 Å². The van der Waals surface area contributed by atoms with Gasteiger partial charge >= 0.3 is 5.97 Å². The fraction of sp³-hybridized carbons (Fsp3) is 0.750. The molecule has 0 atom stereocenters. The van der Waals surface area contributed by atoms with Gasteiger partial charge < -0.3 is 14.4 Å². The summed E-state index contributed by atoms with van der Waals surface area (Å²) in [4.78, 5) is 15.6. The van der Waals surface area contributed by atoms with Gasteiger partial charge in [0.25, 0.3) is 0 Å². The summed E-state index contributed by atoms with van der Waals surface area (Å²) >= 11 is 0. The Kier molecular flexibility index (Phi) is 3.96. The SMILES string of the molecule is COCCc1noc(CC2(C(=O)O)CCCC2)n1. The molecule has 0 saturated heterocycles. The first-order valence-corrected chi connectivity index (χ1v) is 6.20. The maximum Gasteiger partial charge on any atom is 0.310 e. The monoisotopic (exact) mass is 254 g/mol. The van der Waals surface area contributed by atoms with E-state index in [9.17, 15) is 9.90 Å². The zero-order valence-electron chi connectivity index (χ0n) is 10.5. The van der Waals surface area contributed by atoms with Gasteiger partial charge in [-0.2, -0.15) is 4.98 Å². The predicted octanol–water partition coefficient (Wildman–Crippen LogP) is 1.45. The Morgan fingerprint density at radius 1 is 1.50 bits per heavy atom. The van der Waals surface area contributed by atoms with Crippen LogP contribution in [0.5, 0.6) is 0 Å². The Balaban J connectivity index is 2.03. The van der Waals surface area contributed by atoms with Crippen LogP contribution >= 0.6 is 0 Å². The number of hydrogen-bond acceptors (Lipinski definition) is 5. The van der Waals surface area contributed by atoms with E-state index in [1.807, 2.05) is 0 Å². The van der Waals surface area contributed by atoms with Crippen molar-refractivity contribution in [1.29, 1.82) is 0 Å². The fourth-order valence-corrected chi connectivity index (χ4v) is 2.46. The van der Waals surface area contributed by atoms with Crippen molar-refractivity contribution in [3.8, 4) is 0 Å². The first-order chi connectivity index (χ1) is 8.66. The van der Waals surface area contributed by atoms with Crippen molar-refractivity contribution in [2.24, 2.45) is 5.41 Å². The molecule has 100 valence electrons. The molecule has 1 heterocycles. The molecule has 0 radical (unpaired) electrons. The normalized spacial score (nSPS) is 18.1. The van der Waals surface area contributed by atoms with Crippen LogP contribution in [0.1, 0.15) is 37.4 Å². The maximum absolute atomic E-state index is 11.4. The van der Waals surface area contributed by atoms with Crippen molar-refractivity contribution in [2.45, 2.75) is 38.5 Å². The average molecular weight is 254 g/mol. The Morgan fingerprint density at radius 3 is 2.83 bits per heavy atom. The van der Waals surface area contributed by atoms with Crippen molar-refractivity contribution >= 4 is 5.97 Å². The van der Waals surface area contributed by atoms with Crippen molar-refractivity contribution in [2.75, 3.05) is 13.7 Å². The Morgan fingerprint density at radius 2 is 2.22 bits per heavy atom. The molecule has 6 nitrogen and oxygen atoms in total. The summed E-state index contributed by atoms with van der Waals surface area (Å²) in [7, 11) is 1.61. The summed E-state index contributed by atoms with van der Waals surface area (Å²) in [6.45, 7) is 0.531. The van der Waals surface area contributed by atoms with Gasteiger partial charge in [-0.1, -0.05) is 18.0 Å². The molecule has 2 rings (SSSR count). The molecule has 0 spiro atoms. The standard InChI is InChI=1S/C12H18N2O4/c1-17-7-4-9-13-10(18-14-9)8-12(11(15)16)5-2-3-6-12/h2-8H2,1H3,(H,15,16). The second kappa shape index (κ2) is 5.48. The summed E-state index contributed by atoms with van der Waals surface area (Å²) in [5, 5.41) is 13.2. The van der Waals surface area contributed by atoms with Crippen LogP contribution in [0.25, 0.3) is 0 Å². The van der Waals surface area contributed by atoms with Gasteiger partial charge in [0, 0.05) is 20.0 Å². The molecule has 1 fully saturated rings. The van der Waals surface area contributed by atoms with Crippen LogP contribution in [0.3, 0.4) is 0 Å². The van der Waals surface area contributed by atoms with E-state index in [4.69, 9.17) is 9.26 Å². The largest absolute Gasteiger partial charge is 0.481 e. The molecule has 0 aromatic carbocycles. The molecule has 0 amide bonds. The Hall–Kier alpha value is -1.43. The van der Waals surface area contributed by atoms with E-state index in [-0.39, 0.29) is 0 Å². The number of hydrogen-bond donors (Lipinski definition) is 1. The second-order valence-electron chi connectivity index (χ2n) is 4.82. The van der Waals surface area contributed by atoms with Gasteiger partial charge in [0.2, 0.25) is 5.89 Å². The Labute approximate surface area is 105 Å². The summed E-state index contributed by atoms with van der Waals surface area (Å²) in [6, 6.07) is 0. The molecule has 1 N–H and O–H groups in total. The topological polar surface area (TPSA) is 85.5 Å². The number of carboxylic acid groups (broad SMARTS) is 1. The first kappa shape index (κ1) is 13.0. The molecule has 0 aliphatic heterocycles. The quantitative estimate of drug-likeness (QED) is 0.826. The minimum Gasteiger partial charge on any atom is -0.481 e. The fourth-order valence-electron chi connectivity index (χ4n) is 2.46. The van der Waals surface area contributed by atoms with E-state index >= 15 is 0 Å². The van der Waals surface area contributed by atoms with Crippen LogP contribution in [0.2, 0.25) is 0 Å². The third-order valence-electron chi connectivity index (χ3n) is 3.54. The van der Waals surface area contributed by atoms with Crippen LogP contribution in [0.4, 0.5) is 0 Å². The molecule has 18 heavy (non-hydrogen) atoms. The lowest BCUT2D eigenvalue weighted by atomic mass is 9.83. The van der Waals surface area contributed by atoms with Gasteiger partial charge in [-0.05, 0) is 12.8 Å². The Bertz CT molecular complexity index is 410. The zero-order chi connectivity index (χ0) is 13.0. The number of carbonyl (C=O) groups is 1. The summed E-state index contributed by atoms with van der Waals surface area (Å²) in [5.74, 6) is 0.243. The smallest absolute Gasteiger partial charge is 0.310 e. The third-order valence-corrected chi connectivity index (χ3v) is 3.54. The number of aromatic nitrogens is 2. The third kappa shape index (κ3) is 2.69.